The topological polar surface area (TPSA) is 82.2 Å². The fraction of sp³-hybridized carbons (Fsp3) is 0.304. The summed E-state index contributed by atoms with van der Waals surface area (Å²) in [5.74, 6) is 1.08. The molecule has 1 unspecified atom stereocenters. The van der Waals surface area contributed by atoms with E-state index in [-0.39, 0.29) is 24.4 Å². The van der Waals surface area contributed by atoms with Gasteiger partial charge in [-0.1, -0.05) is 42.5 Å². The largest absolute Gasteiger partial charge is 0.497 e. The lowest BCUT2D eigenvalue weighted by molar-refractivity contribution is 0.0934. The average molecular weight is 427 g/mol. The Morgan fingerprint density at radius 3 is 2.67 bits per heavy atom. The maximum Gasteiger partial charge on any atom is 0.255 e. The molecule has 1 aliphatic carbocycles. The molecular weight excluding hydrogens is 400 g/mol. The van der Waals surface area contributed by atoms with Crippen molar-refractivity contribution in [1.82, 2.24) is 15.1 Å². The van der Waals surface area contributed by atoms with Crippen LogP contribution < -0.4 is 15.8 Å². The number of methoxy groups -OCH3 is 1. The van der Waals surface area contributed by atoms with Gasteiger partial charge in [0.2, 0.25) is 0 Å². The molecule has 3 N–H and O–H groups in total. The van der Waals surface area contributed by atoms with Gasteiger partial charge in [-0.05, 0) is 36.5 Å². The van der Waals surface area contributed by atoms with Crippen LogP contribution in [-0.4, -0.2) is 35.4 Å². The van der Waals surface area contributed by atoms with Crippen molar-refractivity contribution in [1.29, 1.82) is 0 Å². The van der Waals surface area contributed by atoms with Gasteiger partial charge in [-0.25, -0.2) is 0 Å². The lowest BCUT2D eigenvalue weighted by Gasteiger charge is -2.15. The molecule has 0 aliphatic heterocycles. The standard InChI is InChI=1S/C23H26N4O2.ClH/c1-29-19-9-5-8-18(12-19)22-20(23(28)25-21(13-24)17-10-11-17)15-27(26-22)14-16-6-3-2-4-7-16;/h2-9,12,15,17,21H,10-11,13-14,24H2,1H3,(H,25,28);1H. The smallest absolute Gasteiger partial charge is 0.255 e. The summed E-state index contributed by atoms with van der Waals surface area (Å²) in [6.45, 7) is 1.04. The van der Waals surface area contributed by atoms with E-state index >= 15 is 0 Å². The van der Waals surface area contributed by atoms with E-state index < -0.39 is 0 Å². The highest BCUT2D eigenvalue weighted by Gasteiger charge is 2.32. The zero-order valence-corrected chi connectivity index (χ0v) is 17.8. The van der Waals surface area contributed by atoms with Gasteiger partial charge < -0.3 is 15.8 Å². The van der Waals surface area contributed by atoms with Gasteiger partial charge in [0.1, 0.15) is 11.4 Å². The number of ether oxygens (including phenoxy) is 1. The summed E-state index contributed by atoms with van der Waals surface area (Å²) in [6.07, 6.45) is 4.06. The molecule has 1 amide bonds. The lowest BCUT2D eigenvalue weighted by Crippen LogP contribution is -2.41. The number of amides is 1. The van der Waals surface area contributed by atoms with Gasteiger partial charge in [0.05, 0.1) is 19.2 Å². The van der Waals surface area contributed by atoms with Crippen molar-refractivity contribution in [3.63, 3.8) is 0 Å². The highest BCUT2D eigenvalue weighted by Crippen LogP contribution is 2.33. The summed E-state index contributed by atoms with van der Waals surface area (Å²) < 4.78 is 7.16. The van der Waals surface area contributed by atoms with E-state index in [1.807, 2.05) is 65.5 Å². The van der Waals surface area contributed by atoms with E-state index in [9.17, 15) is 4.79 Å². The Morgan fingerprint density at radius 1 is 1.23 bits per heavy atom. The number of aromatic nitrogens is 2. The fourth-order valence-electron chi connectivity index (χ4n) is 3.54. The number of halogens is 1. The van der Waals surface area contributed by atoms with Crippen LogP contribution in [0.1, 0.15) is 28.8 Å². The molecule has 3 aromatic rings. The molecule has 1 saturated carbocycles. The maximum atomic E-state index is 13.1. The number of carbonyl (C=O) groups excluding carboxylic acids is 1. The first kappa shape index (κ1) is 21.9. The van der Waals surface area contributed by atoms with Crippen LogP contribution >= 0.6 is 12.4 Å². The third-order valence-electron chi connectivity index (χ3n) is 5.30. The minimum absolute atomic E-state index is 0. The van der Waals surface area contributed by atoms with Gasteiger partial charge in [0.25, 0.3) is 5.91 Å². The molecule has 7 heteroatoms. The fourth-order valence-corrected chi connectivity index (χ4v) is 3.54. The van der Waals surface area contributed by atoms with Crippen LogP contribution in [0.25, 0.3) is 11.3 Å². The summed E-state index contributed by atoms with van der Waals surface area (Å²) in [6, 6.07) is 17.7. The van der Waals surface area contributed by atoms with Gasteiger partial charge in [0, 0.05) is 24.3 Å². The number of nitrogens with two attached hydrogens (primary N) is 1. The summed E-state index contributed by atoms with van der Waals surface area (Å²) in [4.78, 5) is 13.1. The summed E-state index contributed by atoms with van der Waals surface area (Å²) in [5.41, 5.74) is 9.04. The molecule has 0 bridgehead atoms. The Hall–Kier alpha value is -2.83. The lowest BCUT2D eigenvalue weighted by atomic mass is 10.1. The van der Waals surface area contributed by atoms with Crippen molar-refractivity contribution in [2.45, 2.75) is 25.4 Å². The van der Waals surface area contributed by atoms with E-state index in [0.29, 0.717) is 30.3 Å². The predicted octanol–water partition coefficient (Wildman–Crippen LogP) is 3.50. The Bertz CT molecular complexity index is 986. The van der Waals surface area contributed by atoms with Gasteiger partial charge >= 0.3 is 0 Å². The SMILES string of the molecule is COc1cccc(-c2nn(Cc3ccccc3)cc2C(=O)NC(CN)C2CC2)c1.Cl. The number of nitrogens with one attached hydrogen (secondary N) is 1. The normalized spacial score (nSPS) is 13.9. The molecule has 4 rings (SSSR count). The Morgan fingerprint density at radius 2 is 2.00 bits per heavy atom. The monoisotopic (exact) mass is 426 g/mol. The number of hydrogen-bond donors (Lipinski definition) is 2. The molecule has 0 radical (unpaired) electrons. The van der Waals surface area contributed by atoms with Crippen LogP contribution in [0.4, 0.5) is 0 Å². The van der Waals surface area contributed by atoms with E-state index in [2.05, 4.69) is 5.32 Å². The molecule has 2 aromatic carbocycles. The molecule has 6 nitrogen and oxygen atoms in total. The zero-order chi connectivity index (χ0) is 20.2. The molecule has 158 valence electrons. The molecule has 1 atom stereocenters. The quantitative estimate of drug-likeness (QED) is 0.577. The van der Waals surface area contributed by atoms with Crippen LogP contribution in [0.5, 0.6) is 5.75 Å². The summed E-state index contributed by atoms with van der Waals surface area (Å²) in [7, 11) is 1.63. The second-order valence-corrected chi connectivity index (χ2v) is 7.46. The van der Waals surface area contributed by atoms with E-state index in [4.69, 9.17) is 15.6 Å². The maximum absolute atomic E-state index is 13.1. The number of benzene rings is 2. The number of hydrogen-bond acceptors (Lipinski definition) is 4. The second kappa shape index (κ2) is 9.78. The summed E-state index contributed by atoms with van der Waals surface area (Å²) in [5, 5.41) is 7.85. The van der Waals surface area contributed by atoms with Crippen molar-refractivity contribution >= 4 is 18.3 Å². The van der Waals surface area contributed by atoms with Gasteiger partial charge in [-0.2, -0.15) is 5.10 Å². The van der Waals surface area contributed by atoms with Crippen LogP contribution in [-0.2, 0) is 6.54 Å². The van der Waals surface area contributed by atoms with Crippen LogP contribution in [0.15, 0.2) is 60.8 Å². The van der Waals surface area contributed by atoms with E-state index in [1.165, 1.54) is 0 Å². The third-order valence-corrected chi connectivity index (χ3v) is 5.30. The molecule has 0 spiro atoms. The van der Waals surface area contributed by atoms with E-state index in [1.54, 1.807) is 7.11 Å². The first-order valence-corrected chi connectivity index (χ1v) is 9.94. The second-order valence-electron chi connectivity index (χ2n) is 7.46. The van der Waals surface area contributed by atoms with Gasteiger partial charge in [0.15, 0.2) is 0 Å². The molecule has 1 heterocycles. The number of nitrogens with zero attached hydrogens (tertiary/aromatic N) is 2. The number of carbonyl (C=O) groups is 1. The van der Waals surface area contributed by atoms with E-state index in [0.717, 1.165) is 29.7 Å². The highest BCUT2D eigenvalue weighted by molar-refractivity contribution is 6.00. The van der Waals surface area contributed by atoms with Crippen molar-refractivity contribution in [3.05, 3.63) is 71.9 Å². The first-order chi connectivity index (χ1) is 14.2. The minimum Gasteiger partial charge on any atom is -0.497 e. The Labute approximate surface area is 182 Å². The minimum atomic E-state index is -0.135. The summed E-state index contributed by atoms with van der Waals surface area (Å²) >= 11 is 0. The molecule has 1 aromatic heterocycles. The highest BCUT2D eigenvalue weighted by atomic mass is 35.5. The molecular formula is C23H27ClN4O2. The Balaban J connectivity index is 0.00000256. The third kappa shape index (κ3) is 5.01. The van der Waals surface area contributed by atoms with Crippen LogP contribution in [0.3, 0.4) is 0 Å². The average Bonchev–Trinajstić information content (AvgIpc) is 3.52. The molecule has 1 fully saturated rings. The first-order valence-electron chi connectivity index (χ1n) is 9.94. The van der Waals surface area contributed by atoms with Crippen molar-refractivity contribution in [2.75, 3.05) is 13.7 Å². The zero-order valence-electron chi connectivity index (χ0n) is 17.0. The van der Waals surface area contributed by atoms with Gasteiger partial charge in [-0.3, -0.25) is 9.48 Å². The van der Waals surface area contributed by atoms with Crippen molar-refractivity contribution < 1.29 is 9.53 Å². The molecule has 0 saturated heterocycles. The molecule has 1 aliphatic rings. The number of rotatable bonds is 8. The van der Waals surface area contributed by atoms with Crippen LogP contribution in [0.2, 0.25) is 0 Å². The van der Waals surface area contributed by atoms with Crippen molar-refractivity contribution in [3.8, 4) is 17.0 Å². The van der Waals surface area contributed by atoms with Crippen molar-refractivity contribution in [2.24, 2.45) is 11.7 Å². The van der Waals surface area contributed by atoms with Gasteiger partial charge in [-0.15, -0.1) is 12.4 Å². The Kier molecular flexibility index (Phi) is 7.13. The van der Waals surface area contributed by atoms with Crippen LogP contribution in [0, 0.1) is 5.92 Å². The predicted molar refractivity (Wildman–Crippen MR) is 120 cm³/mol. The molecule has 30 heavy (non-hydrogen) atoms.